The van der Waals surface area contributed by atoms with Crippen LogP contribution in [0.4, 0.5) is 11.4 Å². The van der Waals surface area contributed by atoms with Gasteiger partial charge >= 0.3 is 0 Å². The molecule has 0 aliphatic heterocycles. The molecule has 3 aromatic rings. The summed E-state index contributed by atoms with van der Waals surface area (Å²) in [5.41, 5.74) is 1.05. The molecule has 0 heterocycles. The van der Waals surface area contributed by atoms with Crippen molar-refractivity contribution in [3.63, 3.8) is 0 Å². The van der Waals surface area contributed by atoms with Gasteiger partial charge in [-0.3, -0.25) is 9.52 Å². The number of hydrogen-bond acceptors (Lipinski definition) is 3. The number of sulfonamides is 1. The van der Waals surface area contributed by atoms with Gasteiger partial charge in [-0.05, 0) is 67.9 Å². The maximum atomic E-state index is 12.8. The van der Waals surface area contributed by atoms with Crippen molar-refractivity contribution >= 4 is 38.9 Å². The van der Waals surface area contributed by atoms with Crippen molar-refractivity contribution < 1.29 is 13.2 Å². The first-order valence-corrected chi connectivity index (χ1v) is 10.8. The summed E-state index contributed by atoms with van der Waals surface area (Å²) in [5, 5.41) is 3.48. The van der Waals surface area contributed by atoms with Crippen molar-refractivity contribution in [1.82, 2.24) is 0 Å². The molecule has 0 aliphatic rings. The highest BCUT2D eigenvalue weighted by Crippen LogP contribution is 2.27. The largest absolute Gasteiger partial charge is 0.325 e. The van der Waals surface area contributed by atoms with E-state index >= 15 is 0 Å². The first kappa shape index (κ1) is 20.9. The molecule has 0 spiro atoms. The summed E-state index contributed by atoms with van der Waals surface area (Å²) < 4.78 is 27.3. The van der Waals surface area contributed by atoms with Crippen LogP contribution in [0.1, 0.15) is 19.4 Å². The van der Waals surface area contributed by atoms with Crippen molar-refractivity contribution in [3.8, 4) is 0 Å². The highest BCUT2D eigenvalue weighted by molar-refractivity contribution is 7.92. The van der Waals surface area contributed by atoms with Crippen molar-refractivity contribution in [2.45, 2.75) is 24.2 Å². The van der Waals surface area contributed by atoms with E-state index in [4.69, 9.17) is 11.6 Å². The Morgan fingerprint density at radius 3 is 1.97 bits per heavy atom. The lowest BCUT2D eigenvalue weighted by molar-refractivity contribution is -0.120. The number of nitrogens with one attached hydrogen (secondary N) is 2. The van der Waals surface area contributed by atoms with Crippen LogP contribution >= 0.6 is 11.6 Å². The van der Waals surface area contributed by atoms with Crippen molar-refractivity contribution in [2.75, 3.05) is 10.0 Å². The van der Waals surface area contributed by atoms with Crippen LogP contribution in [0.5, 0.6) is 0 Å². The van der Waals surface area contributed by atoms with E-state index in [1.165, 1.54) is 12.1 Å². The van der Waals surface area contributed by atoms with E-state index in [0.29, 0.717) is 16.4 Å². The van der Waals surface area contributed by atoms with Crippen LogP contribution in [-0.2, 0) is 20.2 Å². The Morgan fingerprint density at radius 2 is 1.38 bits per heavy atom. The molecule has 5 nitrogen and oxygen atoms in total. The van der Waals surface area contributed by atoms with E-state index in [9.17, 15) is 13.2 Å². The minimum Gasteiger partial charge on any atom is -0.325 e. The van der Waals surface area contributed by atoms with Crippen molar-refractivity contribution in [1.29, 1.82) is 0 Å². The lowest BCUT2D eigenvalue weighted by atomic mass is 9.83. The van der Waals surface area contributed by atoms with E-state index < -0.39 is 15.4 Å². The van der Waals surface area contributed by atoms with Gasteiger partial charge in [-0.15, -0.1) is 0 Å². The van der Waals surface area contributed by atoms with Crippen LogP contribution < -0.4 is 10.0 Å². The Morgan fingerprint density at radius 1 is 0.828 bits per heavy atom. The van der Waals surface area contributed by atoms with Gasteiger partial charge in [0, 0.05) is 16.4 Å². The van der Waals surface area contributed by atoms with E-state index in [-0.39, 0.29) is 10.8 Å². The second kappa shape index (κ2) is 8.27. The fourth-order valence-electron chi connectivity index (χ4n) is 2.72. The topological polar surface area (TPSA) is 75.3 Å². The highest BCUT2D eigenvalue weighted by Gasteiger charge is 2.29. The third-order valence-electron chi connectivity index (χ3n) is 4.58. The first-order valence-electron chi connectivity index (χ1n) is 8.94. The predicted molar refractivity (Wildman–Crippen MR) is 117 cm³/mol. The molecule has 0 fully saturated rings. The number of hydrogen-bond donors (Lipinski definition) is 2. The van der Waals surface area contributed by atoms with Gasteiger partial charge in [-0.25, -0.2) is 8.42 Å². The molecule has 0 saturated heterocycles. The van der Waals surface area contributed by atoms with E-state index in [0.717, 1.165) is 5.56 Å². The van der Waals surface area contributed by atoms with Crippen LogP contribution in [-0.4, -0.2) is 14.3 Å². The zero-order chi connectivity index (χ0) is 21.1. The molecule has 0 atom stereocenters. The Kier molecular flexibility index (Phi) is 5.96. The molecule has 29 heavy (non-hydrogen) atoms. The second-order valence-electron chi connectivity index (χ2n) is 7.08. The van der Waals surface area contributed by atoms with Gasteiger partial charge < -0.3 is 5.32 Å². The third-order valence-corrected chi connectivity index (χ3v) is 6.23. The quantitative estimate of drug-likeness (QED) is 0.576. The molecular weight excluding hydrogens is 408 g/mol. The predicted octanol–water partition coefficient (Wildman–Crippen LogP) is 5.06. The molecule has 7 heteroatoms. The zero-order valence-corrected chi connectivity index (χ0v) is 17.6. The van der Waals surface area contributed by atoms with Gasteiger partial charge in [-0.2, -0.15) is 0 Å². The maximum absolute atomic E-state index is 12.8. The van der Waals surface area contributed by atoms with Crippen molar-refractivity contribution in [2.24, 2.45) is 0 Å². The molecule has 3 aromatic carbocycles. The number of benzene rings is 3. The molecule has 0 unspecified atom stereocenters. The zero-order valence-electron chi connectivity index (χ0n) is 16.0. The van der Waals surface area contributed by atoms with Gasteiger partial charge in [0.2, 0.25) is 5.91 Å². The number of rotatable bonds is 6. The lowest BCUT2D eigenvalue weighted by Crippen LogP contribution is -2.34. The average molecular weight is 429 g/mol. The molecule has 0 bridgehead atoms. The third kappa shape index (κ3) is 4.96. The average Bonchev–Trinajstić information content (AvgIpc) is 2.70. The number of anilines is 2. The molecule has 3 rings (SSSR count). The highest BCUT2D eigenvalue weighted by atomic mass is 35.5. The minimum absolute atomic E-state index is 0.182. The smallest absolute Gasteiger partial charge is 0.261 e. The monoisotopic (exact) mass is 428 g/mol. The standard InChI is InChI=1S/C22H21ClN2O3S/c1-22(2,16-8-10-17(23)11-9-16)21(26)24-18-12-14-19(15-13-18)25-29(27,28)20-6-4-3-5-7-20/h3-15,25H,1-2H3,(H,24,26). The van der Waals surface area contributed by atoms with Gasteiger partial charge in [0.05, 0.1) is 10.3 Å². The summed E-state index contributed by atoms with van der Waals surface area (Å²) in [6, 6.07) is 21.8. The summed E-state index contributed by atoms with van der Waals surface area (Å²) in [5.74, 6) is -0.183. The fourth-order valence-corrected chi connectivity index (χ4v) is 3.93. The molecular formula is C22H21ClN2O3S. The van der Waals surface area contributed by atoms with Crippen LogP contribution in [0.3, 0.4) is 0 Å². The number of amides is 1. The van der Waals surface area contributed by atoms with Gasteiger partial charge in [0.1, 0.15) is 0 Å². The number of halogens is 1. The van der Waals surface area contributed by atoms with Gasteiger partial charge in [-0.1, -0.05) is 41.9 Å². The summed E-state index contributed by atoms with van der Waals surface area (Å²) in [6.45, 7) is 3.65. The summed E-state index contributed by atoms with van der Waals surface area (Å²) >= 11 is 5.92. The number of carbonyl (C=O) groups is 1. The summed E-state index contributed by atoms with van der Waals surface area (Å²) in [6.07, 6.45) is 0. The van der Waals surface area contributed by atoms with Gasteiger partial charge in [0.15, 0.2) is 0 Å². The van der Waals surface area contributed by atoms with Crippen LogP contribution in [0, 0.1) is 0 Å². The molecule has 0 aromatic heterocycles. The molecule has 1 amide bonds. The Hall–Kier alpha value is -2.83. The van der Waals surface area contributed by atoms with Crippen molar-refractivity contribution in [3.05, 3.63) is 89.4 Å². The van der Waals surface area contributed by atoms with E-state index in [1.54, 1.807) is 54.6 Å². The normalized spacial score (nSPS) is 11.7. The minimum atomic E-state index is -3.66. The maximum Gasteiger partial charge on any atom is 0.261 e. The SMILES string of the molecule is CC(C)(C(=O)Nc1ccc(NS(=O)(=O)c2ccccc2)cc1)c1ccc(Cl)cc1. The van der Waals surface area contributed by atoms with Gasteiger partial charge in [0.25, 0.3) is 10.0 Å². The fraction of sp³-hybridized carbons (Fsp3) is 0.136. The molecule has 0 saturated carbocycles. The molecule has 0 aliphatic carbocycles. The number of carbonyl (C=O) groups excluding carboxylic acids is 1. The summed E-state index contributed by atoms with van der Waals surface area (Å²) in [4.78, 5) is 12.9. The molecule has 0 radical (unpaired) electrons. The van der Waals surface area contributed by atoms with Crippen LogP contribution in [0.15, 0.2) is 83.8 Å². The Labute approximate surface area is 175 Å². The lowest BCUT2D eigenvalue weighted by Gasteiger charge is -2.24. The van der Waals surface area contributed by atoms with Crippen LogP contribution in [0.25, 0.3) is 0 Å². The van der Waals surface area contributed by atoms with Crippen LogP contribution in [0.2, 0.25) is 5.02 Å². The molecule has 150 valence electrons. The van der Waals surface area contributed by atoms with E-state index in [2.05, 4.69) is 10.0 Å². The first-order chi connectivity index (χ1) is 13.7. The van der Waals surface area contributed by atoms with E-state index in [1.807, 2.05) is 26.0 Å². The Bertz CT molecular complexity index is 1100. The summed E-state index contributed by atoms with van der Waals surface area (Å²) in [7, 11) is -3.66. The second-order valence-corrected chi connectivity index (χ2v) is 9.20. The molecule has 2 N–H and O–H groups in total. The Balaban J connectivity index is 1.70.